The third-order valence-electron chi connectivity index (χ3n) is 1.92. The number of thiophene rings is 1. The first kappa shape index (κ1) is 9.98. The lowest BCUT2D eigenvalue weighted by Crippen LogP contribution is -2.29. The fraction of sp³-hybridized carbons (Fsp3) is 0. The van der Waals surface area contributed by atoms with Gasteiger partial charge in [-0.15, -0.1) is 24.0 Å². The van der Waals surface area contributed by atoms with Gasteiger partial charge in [0.2, 0.25) is 0 Å². The minimum absolute atomic E-state index is 0.204. The van der Waals surface area contributed by atoms with Gasteiger partial charge in [0, 0.05) is 20.4 Å². The number of rotatable bonds is 1. The van der Waals surface area contributed by atoms with Gasteiger partial charge >= 0.3 is 7.12 Å². The van der Waals surface area contributed by atoms with Crippen LogP contribution in [-0.2, 0) is 0 Å². The molecule has 14 heavy (non-hydrogen) atoms. The number of hydrogen-bond acceptors (Lipinski definition) is 4. The van der Waals surface area contributed by atoms with Crippen molar-refractivity contribution in [3.8, 4) is 0 Å². The van der Waals surface area contributed by atoms with E-state index in [0.717, 1.165) is 0 Å². The Labute approximate surface area is 89.6 Å². The molecule has 0 amide bonds. The molecule has 0 aliphatic carbocycles. The first-order chi connectivity index (χ1) is 6.59. The van der Waals surface area contributed by atoms with E-state index < -0.39 is 12.9 Å². The maximum atomic E-state index is 13.4. The Morgan fingerprint density at radius 1 is 1.36 bits per heavy atom. The van der Waals surface area contributed by atoms with E-state index in [1.54, 1.807) is 6.07 Å². The largest absolute Gasteiger partial charge is 0.490 e. The van der Waals surface area contributed by atoms with Gasteiger partial charge in [0.05, 0.1) is 0 Å². The van der Waals surface area contributed by atoms with Crippen LogP contribution in [0.4, 0.5) is 4.39 Å². The van der Waals surface area contributed by atoms with Gasteiger partial charge < -0.3 is 10.0 Å². The highest BCUT2D eigenvalue weighted by Gasteiger charge is 2.19. The third-order valence-corrected chi connectivity index (χ3v) is 3.12. The molecule has 0 saturated carbocycles. The molecular formula is C8H6BFO2S2. The Hall–Kier alpha value is -0.555. The van der Waals surface area contributed by atoms with Crippen LogP contribution < -0.4 is 5.46 Å². The monoisotopic (exact) mass is 228 g/mol. The van der Waals surface area contributed by atoms with Crippen molar-refractivity contribution in [1.29, 1.82) is 0 Å². The zero-order valence-electron chi connectivity index (χ0n) is 6.94. The molecule has 2 rings (SSSR count). The summed E-state index contributed by atoms with van der Waals surface area (Å²) in [6, 6.07) is 2.95. The van der Waals surface area contributed by atoms with E-state index in [4.69, 9.17) is 10.0 Å². The number of thiol groups is 1. The molecule has 0 saturated heterocycles. The van der Waals surface area contributed by atoms with Crippen LogP contribution in [0.1, 0.15) is 0 Å². The fourth-order valence-corrected chi connectivity index (χ4v) is 2.67. The summed E-state index contributed by atoms with van der Waals surface area (Å²) in [7, 11) is -1.64. The predicted octanol–water partition coefficient (Wildman–Crippen LogP) is 1.01. The maximum absolute atomic E-state index is 13.4. The van der Waals surface area contributed by atoms with Gasteiger partial charge in [-0.2, -0.15) is 0 Å². The highest BCUT2D eigenvalue weighted by Crippen LogP contribution is 2.25. The molecule has 0 unspecified atom stereocenters. The number of benzene rings is 1. The van der Waals surface area contributed by atoms with Crippen LogP contribution in [-0.4, -0.2) is 17.2 Å². The second kappa shape index (κ2) is 3.54. The van der Waals surface area contributed by atoms with E-state index >= 15 is 0 Å². The number of fused-ring (bicyclic) bond motifs is 1. The number of hydrogen-bond donors (Lipinski definition) is 3. The van der Waals surface area contributed by atoms with Gasteiger partial charge in [-0.05, 0) is 17.5 Å². The summed E-state index contributed by atoms with van der Waals surface area (Å²) in [6.45, 7) is 0. The minimum atomic E-state index is -1.64. The van der Waals surface area contributed by atoms with Crippen molar-refractivity contribution in [3.05, 3.63) is 23.3 Å². The average Bonchev–Trinajstić information content (AvgIpc) is 2.47. The van der Waals surface area contributed by atoms with Crippen LogP contribution in [0.5, 0.6) is 0 Å². The van der Waals surface area contributed by atoms with E-state index in [1.807, 2.05) is 0 Å². The predicted molar refractivity (Wildman–Crippen MR) is 58.9 cm³/mol. The Bertz CT molecular complexity index is 483. The molecule has 0 atom stereocenters. The molecule has 1 aromatic heterocycles. The van der Waals surface area contributed by atoms with Gasteiger partial charge in [-0.25, -0.2) is 4.39 Å². The van der Waals surface area contributed by atoms with Gasteiger partial charge in [0.1, 0.15) is 5.82 Å². The highest BCUT2D eigenvalue weighted by atomic mass is 32.1. The quantitative estimate of drug-likeness (QED) is 0.503. The summed E-state index contributed by atoms with van der Waals surface area (Å²) in [6.07, 6.45) is 0. The molecule has 6 heteroatoms. The molecule has 72 valence electrons. The fourth-order valence-electron chi connectivity index (χ4n) is 1.32. The van der Waals surface area contributed by atoms with E-state index in [2.05, 4.69) is 12.6 Å². The zero-order valence-corrected chi connectivity index (χ0v) is 8.65. The van der Waals surface area contributed by atoms with Crippen molar-refractivity contribution in [2.24, 2.45) is 0 Å². The van der Waals surface area contributed by atoms with Gasteiger partial charge in [0.25, 0.3) is 0 Å². The summed E-state index contributed by atoms with van der Waals surface area (Å²) in [5, 5.41) is 19.8. The van der Waals surface area contributed by atoms with E-state index in [9.17, 15) is 4.39 Å². The Morgan fingerprint density at radius 3 is 2.71 bits per heavy atom. The second-order valence-corrected chi connectivity index (χ2v) is 4.29. The van der Waals surface area contributed by atoms with E-state index in [0.29, 0.717) is 9.60 Å². The average molecular weight is 228 g/mol. The summed E-state index contributed by atoms with van der Waals surface area (Å²) >= 11 is 5.29. The van der Waals surface area contributed by atoms with Crippen molar-refractivity contribution in [3.63, 3.8) is 0 Å². The first-order valence-corrected chi connectivity index (χ1v) is 5.18. The second-order valence-electron chi connectivity index (χ2n) is 2.87. The molecule has 0 aliphatic rings. The van der Waals surface area contributed by atoms with E-state index in [1.165, 1.54) is 22.8 Å². The van der Waals surface area contributed by atoms with Crippen LogP contribution in [0.25, 0.3) is 10.1 Å². The summed E-state index contributed by atoms with van der Waals surface area (Å²) in [5.41, 5.74) is 0.204. The summed E-state index contributed by atoms with van der Waals surface area (Å²) < 4.78 is 14.1. The molecular weight excluding hydrogens is 222 g/mol. The van der Waals surface area contributed by atoms with Gasteiger partial charge in [-0.1, -0.05) is 0 Å². The standard InChI is InChI=1S/C8H6BFO2S2/c10-6-1-4(13)2-7-8(6)5(3-14-7)9(11)12/h1-3,11-13H. The van der Waals surface area contributed by atoms with Crippen molar-refractivity contribution in [2.45, 2.75) is 4.90 Å². The molecule has 0 fully saturated rings. The highest BCUT2D eigenvalue weighted by molar-refractivity contribution is 7.80. The van der Waals surface area contributed by atoms with Crippen LogP contribution in [0.2, 0.25) is 0 Å². The van der Waals surface area contributed by atoms with Crippen molar-refractivity contribution >= 4 is 46.6 Å². The molecule has 0 radical (unpaired) electrons. The van der Waals surface area contributed by atoms with Crippen molar-refractivity contribution < 1.29 is 14.4 Å². The van der Waals surface area contributed by atoms with Crippen molar-refractivity contribution in [1.82, 2.24) is 0 Å². The van der Waals surface area contributed by atoms with Gasteiger partial charge in [-0.3, -0.25) is 0 Å². The Morgan fingerprint density at radius 2 is 2.07 bits per heavy atom. The van der Waals surface area contributed by atoms with Crippen LogP contribution in [0.3, 0.4) is 0 Å². The first-order valence-electron chi connectivity index (χ1n) is 3.85. The molecule has 0 spiro atoms. The molecule has 0 aliphatic heterocycles. The van der Waals surface area contributed by atoms with Crippen LogP contribution in [0, 0.1) is 5.82 Å². The Kier molecular flexibility index (Phi) is 2.53. The number of halogens is 1. The van der Waals surface area contributed by atoms with Crippen LogP contribution >= 0.6 is 24.0 Å². The lowest BCUT2D eigenvalue weighted by molar-refractivity contribution is 0.426. The maximum Gasteiger partial charge on any atom is 0.490 e. The minimum Gasteiger partial charge on any atom is -0.423 e. The lowest BCUT2D eigenvalue weighted by atomic mass is 9.80. The molecule has 2 nitrogen and oxygen atoms in total. The van der Waals surface area contributed by atoms with Gasteiger partial charge in [0.15, 0.2) is 0 Å². The topological polar surface area (TPSA) is 40.5 Å². The smallest absolute Gasteiger partial charge is 0.423 e. The molecule has 0 bridgehead atoms. The molecule has 2 N–H and O–H groups in total. The van der Waals surface area contributed by atoms with Crippen molar-refractivity contribution in [2.75, 3.05) is 0 Å². The normalized spacial score (nSPS) is 10.9. The summed E-state index contributed by atoms with van der Waals surface area (Å²) in [4.78, 5) is 0.524. The van der Waals surface area contributed by atoms with Crippen LogP contribution in [0.15, 0.2) is 22.4 Å². The molecule has 2 aromatic rings. The lowest BCUT2D eigenvalue weighted by Gasteiger charge is -1.99. The van der Waals surface area contributed by atoms with E-state index in [-0.39, 0.29) is 10.8 Å². The SMILES string of the molecule is OB(O)c1csc2cc(S)cc(F)c12. The third kappa shape index (κ3) is 1.54. The summed E-state index contributed by atoms with van der Waals surface area (Å²) in [5.74, 6) is -0.475. The zero-order chi connectivity index (χ0) is 10.3. The molecule has 1 heterocycles. The molecule has 1 aromatic carbocycles. The Balaban J connectivity index is 2.79.